The minimum absolute atomic E-state index is 0.0310. The van der Waals surface area contributed by atoms with E-state index < -0.39 is 0 Å². The summed E-state index contributed by atoms with van der Waals surface area (Å²) in [5, 5.41) is 8.23. The van der Waals surface area contributed by atoms with Gasteiger partial charge in [0.05, 0.1) is 30.6 Å². The van der Waals surface area contributed by atoms with Gasteiger partial charge in [-0.1, -0.05) is 41.6 Å². The summed E-state index contributed by atoms with van der Waals surface area (Å²) in [5.74, 6) is 0.0566. The molecule has 0 aliphatic carbocycles. The van der Waals surface area contributed by atoms with E-state index in [0.29, 0.717) is 19.7 Å². The molecule has 28 heavy (non-hydrogen) atoms. The highest BCUT2D eigenvalue weighted by molar-refractivity contribution is 5.95. The second-order valence-electron chi connectivity index (χ2n) is 7.52. The highest BCUT2D eigenvalue weighted by Crippen LogP contribution is 2.31. The third kappa shape index (κ3) is 2.90. The first-order chi connectivity index (χ1) is 13.7. The van der Waals surface area contributed by atoms with E-state index in [-0.39, 0.29) is 18.1 Å². The van der Waals surface area contributed by atoms with E-state index in [1.165, 1.54) is 5.56 Å². The first-order valence-electron chi connectivity index (χ1n) is 9.67. The molecule has 1 fully saturated rings. The summed E-state index contributed by atoms with van der Waals surface area (Å²) in [7, 11) is 0. The fraction of sp³-hybridized carbons (Fsp3) is 0.318. The van der Waals surface area contributed by atoms with Crippen LogP contribution in [0.15, 0.2) is 54.7 Å². The third-order valence-electron chi connectivity index (χ3n) is 5.78. The molecule has 6 nitrogen and oxygen atoms in total. The molecule has 2 aliphatic rings. The monoisotopic (exact) mass is 374 g/mol. The normalized spacial score (nSPS) is 21.1. The van der Waals surface area contributed by atoms with Gasteiger partial charge >= 0.3 is 0 Å². The fourth-order valence-electron chi connectivity index (χ4n) is 4.26. The lowest BCUT2D eigenvalue weighted by Gasteiger charge is -2.41. The van der Waals surface area contributed by atoms with Crippen molar-refractivity contribution in [2.45, 2.75) is 32.1 Å². The van der Waals surface area contributed by atoms with Crippen LogP contribution in [0.3, 0.4) is 0 Å². The highest BCUT2D eigenvalue weighted by atomic mass is 16.5. The number of benzene rings is 2. The van der Waals surface area contributed by atoms with Crippen LogP contribution in [-0.2, 0) is 11.3 Å². The Morgan fingerprint density at radius 2 is 2.07 bits per heavy atom. The van der Waals surface area contributed by atoms with Gasteiger partial charge in [-0.2, -0.15) is 0 Å². The van der Waals surface area contributed by atoms with E-state index in [0.717, 1.165) is 28.8 Å². The maximum Gasteiger partial charge on any atom is 0.253 e. The predicted octanol–water partition coefficient (Wildman–Crippen LogP) is 3.24. The Kier molecular flexibility index (Phi) is 4.20. The lowest BCUT2D eigenvalue weighted by molar-refractivity contribution is -0.0605. The molecule has 5 rings (SSSR count). The molecule has 1 amide bonds. The summed E-state index contributed by atoms with van der Waals surface area (Å²) in [6.07, 6.45) is 2.65. The van der Waals surface area contributed by atoms with E-state index >= 15 is 0 Å². The summed E-state index contributed by atoms with van der Waals surface area (Å²) in [4.78, 5) is 15.1. The van der Waals surface area contributed by atoms with Crippen molar-refractivity contribution in [1.29, 1.82) is 0 Å². The standard InChI is InChI=1S/C22H22N4O2/c1-15-5-2-3-8-19(15)16-6-4-7-17(11-16)22(27)25-10-9-21-20(13-25)26-18(14-28-21)12-23-24-26/h2-8,11-12,20-21H,9-10,13-14H2,1H3/t20-,21-/m1/s1. The highest BCUT2D eigenvalue weighted by Gasteiger charge is 2.38. The molecule has 2 aliphatic heterocycles. The number of aryl methyl sites for hydroxylation is 1. The molecule has 0 saturated carbocycles. The summed E-state index contributed by atoms with van der Waals surface area (Å²) >= 11 is 0. The zero-order valence-corrected chi connectivity index (χ0v) is 15.8. The second kappa shape index (κ2) is 6.87. The molecule has 2 aromatic carbocycles. The number of aromatic nitrogens is 3. The largest absolute Gasteiger partial charge is 0.370 e. The Morgan fingerprint density at radius 3 is 2.96 bits per heavy atom. The van der Waals surface area contributed by atoms with Crippen LogP contribution in [0.2, 0.25) is 0 Å². The number of hydrogen-bond donors (Lipinski definition) is 0. The Bertz CT molecular complexity index is 1030. The fourth-order valence-corrected chi connectivity index (χ4v) is 4.26. The Morgan fingerprint density at radius 1 is 1.18 bits per heavy atom. The Labute approximate surface area is 163 Å². The van der Waals surface area contributed by atoms with Crippen LogP contribution in [0.1, 0.15) is 34.1 Å². The number of carbonyl (C=O) groups is 1. The number of ether oxygens (including phenoxy) is 1. The maximum absolute atomic E-state index is 13.2. The van der Waals surface area contributed by atoms with Gasteiger partial charge in [0.25, 0.3) is 5.91 Å². The summed E-state index contributed by atoms with van der Waals surface area (Å²) in [6.45, 7) is 3.92. The van der Waals surface area contributed by atoms with Gasteiger partial charge in [0.1, 0.15) is 0 Å². The molecule has 0 radical (unpaired) electrons. The molecule has 1 saturated heterocycles. The van der Waals surface area contributed by atoms with Crippen LogP contribution in [0, 0.1) is 6.92 Å². The van der Waals surface area contributed by atoms with Gasteiger partial charge in [0, 0.05) is 18.7 Å². The van der Waals surface area contributed by atoms with E-state index in [1.54, 1.807) is 6.20 Å². The number of nitrogens with zero attached hydrogens (tertiary/aromatic N) is 4. The number of hydrogen-bond acceptors (Lipinski definition) is 4. The van der Waals surface area contributed by atoms with E-state index in [4.69, 9.17) is 4.74 Å². The van der Waals surface area contributed by atoms with Gasteiger partial charge in [-0.15, -0.1) is 5.10 Å². The molecule has 1 aromatic heterocycles. The van der Waals surface area contributed by atoms with Crippen molar-refractivity contribution in [1.82, 2.24) is 19.9 Å². The van der Waals surface area contributed by atoms with E-state index in [2.05, 4.69) is 35.4 Å². The lowest BCUT2D eigenvalue weighted by atomic mass is 9.97. The number of carbonyl (C=O) groups excluding carboxylic acids is 1. The van der Waals surface area contributed by atoms with Gasteiger partial charge in [-0.3, -0.25) is 4.79 Å². The second-order valence-corrected chi connectivity index (χ2v) is 7.52. The van der Waals surface area contributed by atoms with Crippen LogP contribution >= 0.6 is 0 Å². The minimum atomic E-state index is 0.0310. The molecule has 142 valence electrons. The van der Waals surface area contributed by atoms with E-state index in [9.17, 15) is 4.79 Å². The van der Waals surface area contributed by atoms with Gasteiger partial charge in [0.15, 0.2) is 0 Å². The van der Waals surface area contributed by atoms with Crippen molar-refractivity contribution in [3.05, 3.63) is 71.5 Å². The lowest BCUT2D eigenvalue weighted by Crippen LogP contribution is -2.49. The molecular formula is C22H22N4O2. The quantitative estimate of drug-likeness (QED) is 0.691. The zero-order chi connectivity index (χ0) is 19.1. The Balaban J connectivity index is 1.41. The number of likely N-dealkylation sites (tertiary alicyclic amines) is 1. The van der Waals surface area contributed by atoms with Gasteiger partial charge in [-0.25, -0.2) is 4.68 Å². The van der Waals surface area contributed by atoms with Crippen molar-refractivity contribution in [3.63, 3.8) is 0 Å². The van der Waals surface area contributed by atoms with Crippen LogP contribution in [0.4, 0.5) is 0 Å². The molecule has 2 atom stereocenters. The van der Waals surface area contributed by atoms with Crippen molar-refractivity contribution in [3.8, 4) is 11.1 Å². The number of fused-ring (bicyclic) bond motifs is 3. The first kappa shape index (κ1) is 17.1. The van der Waals surface area contributed by atoms with Gasteiger partial charge in [-0.05, 0) is 42.2 Å². The van der Waals surface area contributed by atoms with Crippen LogP contribution in [-0.4, -0.2) is 45.0 Å². The molecule has 3 aromatic rings. The van der Waals surface area contributed by atoms with Crippen molar-refractivity contribution in [2.24, 2.45) is 0 Å². The SMILES string of the molecule is Cc1ccccc1-c1cccc(C(=O)N2CC[C@H]3OCc4cnnn4[C@@H]3C2)c1. The summed E-state index contributed by atoms with van der Waals surface area (Å²) in [5.41, 5.74) is 5.11. The van der Waals surface area contributed by atoms with Gasteiger partial charge < -0.3 is 9.64 Å². The van der Waals surface area contributed by atoms with Crippen LogP contribution in [0.5, 0.6) is 0 Å². The average molecular weight is 374 g/mol. The molecule has 0 unspecified atom stereocenters. The van der Waals surface area contributed by atoms with Crippen LogP contribution in [0.25, 0.3) is 11.1 Å². The summed E-state index contributed by atoms with van der Waals surface area (Å²) in [6, 6.07) is 16.2. The van der Waals surface area contributed by atoms with Gasteiger partial charge in [0.2, 0.25) is 0 Å². The number of rotatable bonds is 2. The third-order valence-corrected chi connectivity index (χ3v) is 5.78. The number of amides is 1. The molecular weight excluding hydrogens is 352 g/mol. The van der Waals surface area contributed by atoms with Crippen molar-refractivity contribution < 1.29 is 9.53 Å². The average Bonchev–Trinajstić information content (AvgIpc) is 3.23. The summed E-state index contributed by atoms with van der Waals surface area (Å²) < 4.78 is 7.88. The van der Waals surface area contributed by atoms with E-state index in [1.807, 2.05) is 39.9 Å². The van der Waals surface area contributed by atoms with Crippen molar-refractivity contribution in [2.75, 3.05) is 13.1 Å². The van der Waals surface area contributed by atoms with Crippen molar-refractivity contribution >= 4 is 5.91 Å². The van der Waals surface area contributed by atoms with Crippen LogP contribution < -0.4 is 0 Å². The smallest absolute Gasteiger partial charge is 0.253 e. The Hall–Kier alpha value is -2.99. The molecule has 0 N–H and O–H groups in total. The topological polar surface area (TPSA) is 60.3 Å². The zero-order valence-electron chi connectivity index (χ0n) is 15.8. The predicted molar refractivity (Wildman–Crippen MR) is 105 cm³/mol. The molecule has 0 spiro atoms. The molecule has 3 heterocycles. The first-order valence-corrected chi connectivity index (χ1v) is 9.67. The minimum Gasteiger partial charge on any atom is -0.370 e. The molecule has 6 heteroatoms. The molecule has 0 bridgehead atoms. The number of piperidine rings is 1. The maximum atomic E-state index is 13.2.